The van der Waals surface area contributed by atoms with Crippen molar-refractivity contribution >= 4 is 0 Å². The van der Waals surface area contributed by atoms with Crippen LogP contribution in [0.4, 0.5) is 0 Å². The molecule has 1 aromatic heterocycles. The van der Waals surface area contributed by atoms with E-state index in [9.17, 15) is 0 Å². The summed E-state index contributed by atoms with van der Waals surface area (Å²) in [5.74, 6) is 2.09. The van der Waals surface area contributed by atoms with Crippen molar-refractivity contribution in [2.24, 2.45) is 0 Å². The second-order valence-corrected chi connectivity index (χ2v) is 5.57. The molecule has 0 atom stereocenters. The van der Waals surface area contributed by atoms with E-state index in [0.29, 0.717) is 29.4 Å². The Hall–Kier alpha value is -3.26. The maximum absolute atomic E-state index is 8.86. The van der Waals surface area contributed by atoms with E-state index in [-0.39, 0.29) is 0 Å². The second kappa shape index (κ2) is 8.02. The standard InChI is InChI=1S/C20H19N3O2/c1-2-3-11-24-18-6-4-5-16(12-18)20-19(14-22-23-20)25-17-9-7-15(13-21)8-10-17/h4-10,12,14H,2-3,11H2,1H3,(H,22,23). The maximum atomic E-state index is 8.86. The predicted molar refractivity (Wildman–Crippen MR) is 95.7 cm³/mol. The molecule has 0 saturated carbocycles. The first-order chi connectivity index (χ1) is 12.3. The van der Waals surface area contributed by atoms with Gasteiger partial charge in [-0.05, 0) is 42.8 Å². The fraction of sp³-hybridized carbons (Fsp3) is 0.200. The van der Waals surface area contributed by atoms with Crippen molar-refractivity contribution in [3.05, 3.63) is 60.3 Å². The zero-order chi connectivity index (χ0) is 17.5. The van der Waals surface area contributed by atoms with Crippen LogP contribution in [0.15, 0.2) is 54.7 Å². The highest BCUT2D eigenvalue weighted by Crippen LogP contribution is 2.33. The average Bonchev–Trinajstić information content (AvgIpc) is 3.11. The van der Waals surface area contributed by atoms with Crippen molar-refractivity contribution in [2.45, 2.75) is 19.8 Å². The van der Waals surface area contributed by atoms with Gasteiger partial charge in [-0.25, -0.2) is 0 Å². The minimum absolute atomic E-state index is 0.594. The monoisotopic (exact) mass is 333 g/mol. The zero-order valence-corrected chi connectivity index (χ0v) is 14.0. The summed E-state index contributed by atoms with van der Waals surface area (Å²) in [5, 5.41) is 16.0. The van der Waals surface area contributed by atoms with Gasteiger partial charge in [0.1, 0.15) is 17.2 Å². The highest BCUT2D eigenvalue weighted by Gasteiger charge is 2.12. The Morgan fingerprint density at radius 3 is 2.72 bits per heavy atom. The lowest BCUT2D eigenvalue weighted by atomic mass is 10.1. The molecule has 0 amide bonds. The quantitative estimate of drug-likeness (QED) is 0.623. The second-order valence-electron chi connectivity index (χ2n) is 5.57. The Bertz CT molecular complexity index is 863. The summed E-state index contributed by atoms with van der Waals surface area (Å²) in [6.07, 6.45) is 3.83. The molecule has 25 heavy (non-hydrogen) atoms. The average molecular weight is 333 g/mol. The number of aromatic nitrogens is 2. The van der Waals surface area contributed by atoms with Crippen LogP contribution in [0.2, 0.25) is 0 Å². The van der Waals surface area contributed by atoms with Crippen LogP contribution in [0, 0.1) is 11.3 Å². The van der Waals surface area contributed by atoms with Gasteiger partial charge in [0, 0.05) is 5.56 Å². The van der Waals surface area contributed by atoms with Gasteiger partial charge in [0.2, 0.25) is 0 Å². The highest BCUT2D eigenvalue weighted by atomic mass is 16.5. The van der Waals surface area contributed by atoms with E-state index < -0.39 is 0 Å². The molecule has 3 rings (SSSR count). The van der Waals surface area contributed by atoms with E-state index in [0.717, 1.165) is 24.2 Å². The first-order valence-electron chi connectivity index (χ1n) is 8.25. The first kappa shape index (κ1) is 16.6. The van der Waals surface area contributed by atoms with Gasteiger partial charge in [0.05, 0.1) is 24.4 Å². The largest absolute Gasteiger partial charge is 0.494 e. The lowest BCUT2D eigenvalue weighted by Gasteiger charge is -2.08. The van der Waals surface area contributed by atoms with E-state index in [4.69, 9.17) is 14.7 Å². The van der Waals surface area contributed by atoms with Crippen molar-refractivity contribution in [3.63, 3.8) is 0 Å². The molecule has 0 unspecified atom stereocenters. The number of hydrogen-bond acceptors (Lipinski definition) is 4. The van der Waals surface area contributed by atoms with Gasteiger partial charge < -0.3 is 9.47 Å². The molecular weight excluding hydrogens is 314 g/mol. The lowest BCUT2D eigenvalue weighted by Crippen LogP contribution is -1.96. The Kier molecular flexibility index (Phi) is 5.32. The van der Waals surface area contributed by atoms with E-state index in [1.54, 1.807) is 30.5 Å². The molecule has 5 nitrogen and oxygen atoms in total. The van der Waals surface area contributed by atoms with Crippen molar-refractivity contribution in [2.75, 3.05) is 6.61 Å². The maximum Gasteiger partial charge on any atom is 0.173 e. The molecule has 5 heteroatoms. The molecule has 2 aromatic carbocycles. The van der Waals surface area contributed by atoms with Gasteiger partial charge in [0.15, 0.2) is 5.75 Å². The summed E-state index contributed by atoms with van der Waals surface area (Å²) in [6.45, 7) is 2.84. The number of rotatable bonds is 7. The predicted octanol–water partition coefficient (Wildman–Crippen LogP) is 4.92. The fourth-order valence-corrected chi connectivity index (χ4v) is 2.36. The molecule has 0 radical (unpaired) electrons. The highest BCUT2D eigenvalue weighted by molar-refractivity contribution is 5.67. The van der Waals surface area contributed by atoms with Crippen LogP contribution in [0.25, 0.3) is 11.3 Å². The van der Waals surface area contributed by atoms with Crippen molar-refractivity contribution in [1.29, 1.82) is 5.26 Å². The molecule has 1 heterocycles. The zero-order valence-electron chi connectivity index (χ0n) is 14.0. The molecule has 0 aliphatic heterocycles. The van der Waals surface area contributed by atoms with E-state index in [2.05, 4.69) is 23.2 Å². The van der Waals surface area contributed by atoms with Crippen molar-refractivity contribution < 1.29 is 9.47 Å². The molecule has 0 saturated heterocycles. The number of benzene rings is 2. The van der Waals surface area contributed by atoms with Crippen LogP contribution in [0.3, 0.4) is 0 Å². The van der Waals surface area contributed by atoms with Gasteiger partial charge in [-0.1, -0.05) is 25.5 Å². The van der Waals surface area contributed by atoms with Gasteiger partial charge >= 0.3 is 0 Å². The molecule has 0 bridgehead atoms. The number of unbranched alkanes of at least 4 members (excludes halogenated alkanes) is 1. The van der Waals surface area contributed by atoms with E-state index in [1.807, 2.05) is 24.3 Å². The van der Waals surface area contributed by atoms with Crippen LogP contribution in [0.5, 0.6) is 17.2 Å². The molecule has 0 spiro atoms. The molecule has 0 fully saturated rings. The lowest BCUT2D eigenvalue weighted by molar-refractivity contribution is 0.309. The molecule has 0 aliphatic carbocycles. The van der Waals surface area contributed by atoms with Crippen LogP contribution in [-0.2, 0) is 0 Å². The van der Waals surface area contributed by atoms with Crippen LogP contribution in [-0.4, -0.2) is 16.8 Å². The number of nitriles is 1. The van der Waals surface area contributed by atoms with Gasteiger partial charge in [0.25, 0.3) is 0 Å². The third-order valence-corrected chi connectivity index (χ3v) is 3.69. The number of aromatic amines is 1. The van der Waals surface area contributed by atoms with Crippen LogP contribution >= 0.6 is 0 Å². The fourth-order valence-electron chi connectivity index (χ4n) is 2.36. The van der Waals surface area contributed by atoms with Crippen LogP contribution < -0.4 is 9.47 Å². The number of ether oxygens (including phenoxy) is 2. The molecule has 0 aliphatic rings. The minimum atomic E-state index is 0.594. The first-order valence-corrected chi connectivity index (χ1v) is 8.25. The summed E-state index contributed by atoms with van der Waals surface area (Å²) >= 11 is 0. The normalized spacial score (nSPS) is 10.2. The third-order valence-electron chi connectivity index (χ3n) is 3.69. The molecule has 126 valence electrons. The summed E-state index contributed by atoms with van der Waals surface area (Å²) < 4.78 is 11.7. The smallest absolute Gasteiger partial charge is 0.173 e. The van der Waals surface area contributed by atoms with E-state index >= 15 is 0 Å². The molecule has 3 aromatic rings. The molecular formula is C20H19N3O2. The number of nitrogens with zero attached hydrogens (tertiary/aromatic N) is 2. The van der Waals surface area contributed by atoms with E-state index in [1.165, 1.54) is 0 Å². The Morgan fingerprint density at radius 1 is 1.12 bits per heavy atom. The summed E-state index contributed by atoms with van der Waals surface area (Å²) in [4.78, 5) is 0. The SMILES string of the molecule is CCCCOc1cccc(-c2n[nH]cc2Oc2ccc(C#N)cc2)c1. The molecule has 1 N–H and O–H groups in total. The Labute approximate surface area is 146 Å². The number of H-pyrrole nitrogens is 1. The number of hydrogen-bond donors (Lipinski definition) is 1. The summed E-state index contributed by atoms with van der Waals surface area (Å²) in [7, 11) is 0. The Morgan fingerprint density at radius 2 is 1.96 bits per heavy atom. The van der Waals surface area contributed by atoms with Gasteiger partial charge in [-0.15, -0.1) is 0 Å². The van der Waals surface area contributed by atoms with Crippen molar-refractivity contribution in [3.8, 4) is 34.6 Å². The number of nitrogens with one attached hydrogen (secondary N) is 1. The summed E-state index contributed by atoms with van der Waals surface area (Å²) in [6, 6.07) is 16.9. The third kappa shape index (κ3) is 4.18. The van der Waals surface area contributed by atoms with Crippen LogP contribution in [0.1, 0.15) is 25.3 Å². The Balaban J connectivity index is 1.79. The van der Waals surface area contributed by atoms with Crippen molar-refractivity contribution in [1.82, 2.24) is 10.2 Å². The van der Waals surface area contributed by atoms with Gasteiger partial charge in [-0.3, -0.25) is 5.10 Å². The minimum Gasteiger partial charge on any atom is -0.494 e. The van der Waals surface area contributed by atoms with Gasteiger partial charge in [-0.2, -0.15) is 10.4 Å². The summed E-state index contributed by atoms with van der Waals surface area (Å²) in [5.41, 5.74) is 2.22. The topological polar surface area (TPSA) is 70.9 Å².